The summed E-state index contributed by atoms with van der Waals surface area (Å²) >= 11 is 11.6. The van der Waals surface area contributed by atoms with Gasteiger partial charge in [-0.1, -0.05) is 37.0 Å². The zero-order valence-electron chi connectivity index (χ0n) is 16.5. The molecular formula is C20H22Cl2O6S. The lowest BCUT2D eigenvalue weighted by molar-refractivity contribution is 0.0598. The number of aromatic carboxylic acids is 1. The molecule has 0 atom stereocenters. The van der Waals surface area contributed by atoms with Crippen LogP contribution >= 0.6 is 23.2 Å². The number of ether oxygens (including phenoxy) is 1. The van der Waals surface area contributed by atoms with Crippen LogP contribution in [0.2, 0.25) is 10.0 Å². The van der Waals surface area contributed by atoms with Crippen molar-refractivity contribution < 1.29 is 27.9 Å². The second-order valence-corrected chi connectivity index (χ2v) is 8.85. The number of carboxylic acids is 1. The fourth-order valence-electron chi connectivity index (χ4n) is 2.53. The first kappa shape index (κ1) is 24.9. The Kier molecular flexibility index (Phi) is 9.14. The average molecular weight is 461 g/mol. The van der Waals surface area contributed by atoms with Gasteiger partial charge in [0.2, 0.25) is 0 Å². The number of sulfone groups is 1. The molecule has 1 N–H and O–H groups in total. The Morgan fingerprint density at radius 3 is 2.00 bits per heavy atom. The lowest BCUT2D eigenvalue weighted by Crippen LogP contribution is -2.06. The van der Waals surface area contributed by atoms with Gasteiger partial charge in [-0.15, -0.1) is 0 Å². The molecule has 158 valence electrons. The van der Waals surface area contributed by atoms with Gasteiger partial charge in [0.05, 0.1) is 28.2 Å². The molecule has 2 aromatic rings. The van der Waals surface area contributed by atoms with E-state index in [4.69, 9.17) is 28.3 Å². The molecule has 9 heteroatoms. The molecule has 0 spiro atoms. The summed E-state index contributed by atoms with van der Waals surface area (Å²) in [6, 6.07) is 7.66. The maximum Gasteiger partial charge on any atom is 0.338 e. The molecule has 0 radical (unpaired) electrons. The van der Waals surface area contributed by atoms with Crippen LogP contribution in [0.1, 0.15) is 45.7 Å². The summed E-state index contributed by atoms with van der Waals surface area (Å²) < 4.78 is 27.3. The third-order valence-corrected chi connectivity index (χ3v) is 5.82. The summed E-state index contributed by atoms with van der Waals surface area (Å²) in [5.41, 5.74) is 2.01. The lowest BCUT2D eigenvalue weighted by Gasteiger charge is -2.08. The van der Waals surface area contributed by atoms with Gasteiger partial charge in [0.1, 0.15) is 0 Å². The monoisotopic (exact) mass is 460 g/mol. The molecule has 0 aliphatic carbocycles. The SMILES string of the molecule is CCc1cc(Cl)c(S(C)(=O)=O)cc1C(=O)O.CCc1cc(Cl)ccc1C(=O)OC. The van der Waals surface area contributed by atoms with Gasteiger partial charge in [-0.3, -0.25) is 0 Å². The Morgan fingerprint density at radius 1 is 1.00 bits per heavy atom. The van der Waals surface area contributed by atoms with Crippen molar-refractivity contribution in [1.29, 1.82) is 0 Å². The largest absolute Gasteiger partial charge is 0.478 e. The zero-order valence-corrected chi connectivity index (χ0v) is 18.8. The number of carboxylic acid groups (broad SMARTS) is 1. The minimum absolute atomic E-state index is 0.0210. The quantitative estimate of drug-likeness (QED) is 0.649. The first-order valence-corrected chi connectivity index (χ1v) is 11.2. The van der Waals surface area contributed by atoms with Crippen LogP contribution in [0.25, 0.3) is 0 Å². The lowest BCUT2D eigenvalue weighted by atomic mass is 10.1. The van der Waals surface area contributed by atoms with Crippen molar-refractivity contribution in [2.45, 2.75) is 31.6 Å². The predicted octanol–water partition coefficient (Wildman–Crippen LogP) is 4.69. The van der Waals surface area contributed by atoms with Gasteiger partial charge in [-0.25, -0.2) is 18.0 Å². The molecule has 0 aromatic heterocycles. The third kappa shape index (κ3) is 6.73. The highest BCUT2D eigenvalue weighted by atomic mass is 35.5. The van der Waals surface area contributed by atoms with Crippen LogP contribution in [0, 0.1) is 0 Å². The van der Waals surface area contributed by atoms with Crippen molar-refractivity contribution in [3.05, 3.63) is 62.6 Å². The minimum Gasteiger partial charge on any atom is -0.478 e. The molecule has 29 heavy (non-hydrogen) atoms. The van der Waals surface area contributed by atoms with Crippen molar-refractivity contribution in [3.63, 3.8) is 0 Å². The second kappa shape index (κ2) is 10.6. The van der Waals surface area contributed by atoms with Crippen LogP contribution in [0.5, 0.6) is 0 Å². The summed E-state index contributed by atoms with van der Waals surface area (Å²) in [5.74, 6) is -1.47. The van der Waals surface area contributed by atoms with Gasteiger partial charge in [0, 0.05) is 11.3 Å². The van der Waals surface area contributed by atoms with Crippen LogP contribution in [0.4, 0.5) is 0 Å². The summed E-state index contributed by atoms with van der Waals surface area (Å²) in [6.45, 7) is 3.75. The van der Waals surface area contributed by atoms with Gasteiger partial charge in [0.15, 0.2) is 9.84 Å². The van der Waals surface area contributed by atoms with Gasteiger partial charge in [-0.05, 0) is 54.3 Å². The number of carbonyl (C=O) groups is 2. The van der Waals surface area contributed by atoms with Crippen molar-refractivity contribution in [1.82, 2.24) is 0 Å². The van der Waals surface area contributed by atoms with Gasteiger partial charge in [0.25, 0.3) is 0 Å². The van der Waals surface area contributed by atoms with Crippen molar-refractivity contribution >= 4 is 45.0 Å². The van der Waals surface area contributed by atoms with E-state index in [0.29, 0.717) is 22.6 Å². The molecule has 0 fully saturated rings. The molecule has 0 heterocycles. The number of methoxy groups -OCH3 is 1. The van der Waals surface area contributed by atoms with Crippen LogP contribution < -0.4 is 0 Å². The molecule has 2 aromatic carbocycles. The zero-order chi connectivity index (χ0) is 22.4. The number of hydrogen-bond acceptors (Lipinski definition) is 5. The topological polar surface area (TPSA) is 97.7 Å². The summed E-state index contributed by atoms with van der Waals surface area (Å²) in [4.78, 5) is 22.0. The van der Waals surface area contributed by atoms with Crippen LogP contribution in [-0.4, -0.2) is 38.8 Å². The van der Waals surface area contributed by atoms with Crippen LogP contribution in [0.15, 0.2) is 35.2 Å². The summed E-state index contributed by atoms with van der Waals surface area (Å²) in [6.07, 6.45) is 2.24. The molecule has 2 rings (SSSR count). The van der Waals surface area contributed by atoms with Crippen LogP contribution in [-0.2, 0) is 27.4 Å². The maximum absolute atomic E-state index is 11.4. The number of halogens is 2. The number of benzene rings is 2. The fraction of sp³-hybridized carbons (Fsp3) is 0.300. The average Bonchev–Trinajstić information content (AvgIpc) is 2.66. The van der Waals surface area contributed by atoms with E-state index in [1.54, 1.807) is 25.1 Å². The number of rotatable bonds is 5. The van der Waals surface area contributed by atoms with E-state index in [0.717, 1.165) is 24.3 Å². The van der Waals surface area contributed by atoms with Gasteiger partial charge in [-0.2, -0.15) is 0 Å². The standard InChI is InChI=1S/C10H11ClO4S.C10H11ClO2/c1-3-6-4-8(11)9(16(2,14)15)5-7(6)10(12)13;1-3-7-6-8(11)4-5-9(7)10(12)13-2/h4-5H,3H2,1-2H3,(H,12,13);4-6H,3H2,1-2H3. The molecule has 0 aliphatic rings. The number of aryl methyl sites for hydroxylation is 2. The highest BCUT2D eigenvalue weighted by molar-refractivity contribution is 7.90. The molecule has 0 saturated carbocycles. The maximum atomic E-state index is 11.4. The normalized spacial score (nSPS) is 10.7. The van der Waals surface area contributed by atoms with E-state index in [9.17, 15) is 18.0 Å². The number of carbonyl (C=O) groups excluding carboxylic acids is 1. The molecule has 6 nitrogen and oxygen atoms in total. The van der Waals surface area contributed by atoms with E-state index in [-0.39, 0.29) is 21.5 Å². The number of esters is 1. The minimum atomic E-state index is -3.51. The Hall–Kier alpha value is -2.09. The van der Waals surface area contributed by atoms with E-state index in [2.05, 4.69) is 4.74 Å². The molecule has 0 amide bonds. The Balaban J connectivity index is 0.000000296. The molecule has 0 unspecified atom stereocenters. The van der Waals surface area contributed by atoms with Crippen molar-refractivity contribution in [2.75, 3.05) is 13.4 Å². The van der Waals surface area contributed by atoms with E-state index >= 15 is 0 Å². The van der Waals surface area contributed by atoms with E-state index < -0.39 is 15.8 Å². The molecule has 0 bridgehead atoms. The highest BCUT2D eigenvalue weighted by Crippen LogP contribution is 2.26. The van der Waals surface area contributed by atoms with E-state index in [1.807, 2.05) is 6.92 Å². The summed E-state index contributed by atoms with van der Waals surface area (Å²) in [7, 11) is -2.14. The third-order valence-electron chi connectivity index (χ3n) is 4.02. The molecule has 0 aliphatic heterocycles. The Bertz CT molecular complexity index is 1020. The van der Waals surface area contributed by atoms with Crippen molar-refractivity contribution in [3.8, 4) is 0 Å². The second-order valence-electron chi connectivity index (χ2n) is 6.02. The molecule has 0 saturated heterocycles. The first-order chi connectivity index (χ1) is 13.5. The number of hydrogen-bond donors (Lipinski definition) is 1. The highest BCUT2D eigenvalue weighted by Gasteiger charge is 2.18. The first-order valence-electron chi connectivity index (χ1n) is 8.58. The fourth-order valence-corrected chi connectivity index (χ4v) is 4.08. The predicted molar refractivity (Wildman–Crippen MR) is 113 cm³/mol. The van der Waals surface area contributed by atoms with Crippen LogP contribution in [0.3, 0.4) is 0 Å². The Morgan fingerprint density at radius 2 is 1.55 bits per heavy atom. The van der Waals surface area contributed by atoms with E-state index in [1.165, 1.54) is 13.2 Å². The van der Waals surface area contributed by atoms with Crippen molar-refractivity contribution in [2.24, 2.45) is 0 Å². The smallest absolute Gasteiger partial charge is 0.338 e. The van der Waals surface area contributed by atoms with Gasteiger partial charge < -0.3 is 9.84 Å². The Labute approximate surface area is 180 Å². The summed E-state index contributed by atoms with van der Waals surface area (Å²) in [5, 5.41) is 9.64. The molecular weight excluding hydrogens is 439 g/mol. The van der Waals surface area contributed by atoms with Gasteiger partial charge >= 0.3 is 11.9 Å².